The maximum atomic E-state index is 13.0. The van der Waals surface area contributed by atoms with Gasteiger partial charge < -0.3 is 5.11 Å². The predicted octanol–water partition coefficient (Wildman–Crippen LogP) is 1.82. The molecule has 0 radical (unpaired) electrons. The molecule has 0 atom stereocenters. The van der Waals surface area contributed by atoms with E-state index in [9.17, 15) is 17.9 Å². The second-order valence-corrected chi connectivity index (χ2v) is 6.92. The molecule has 0 unspecified atom stereocenters. The molecule has 0 heterocycles. The molecule has 0 bridgehead atoms. The first-order valence-corrected chi connectivity index (χ1v) is 7.03. The number of benzene rings is 1. The van der Waals surface area contributed by atoms with Crippen molar-refractivity contribution in [2.24, 2.45) is 0 Å². The zero-order chi connectivity index (χ0) is 12.7. The normalized spacial score (nSPS) is 18.8. The monoisotopic (exact) mass is 258 g/mol. The fourth-order valence-corrected chi connectivity index (χ4v) is 4.42. The van der Waals surface area contributed by atoms with E-state index in [1.165, 1.54) is 12.1 Å². The van der Waals surface area contributed by atoms with Gasteiger partial charge in [0.25, 0.3) is 0 Å². The molecule has 0 spiro atoms. The van der Waals surface area contributed by atoms with E-state index in [0.717, 1.165) is 12.5 Å². The highest BCUT2D eigenvalue weighted by atomic mass is 32.2. The van der Waals surface area contributed by atoms with E-state index in [2.05, 4.69) is 0 Å². The van der Waals surface area contributed by atoms with E-state index >= 15 is 0 Å². The smallest absolute Gasteiger partial charge is 0.186 e. The van der Waals surface area contributed by atoms with Crippen LogP contribution in [0.25, 0.3) is 0 Å². The maximum Gasteiger partial charge on any atom is 0.186 e. The number of hydrogen-bond acceptors (Lipinski definition) is 3. The molecule has 3 nitrogen and oxygen atoms in total. The van der Waals surface area contributed by atoms with Gasteiger partial charge in [-0.2, -0.15) is 0 Å². The lowest BCUT2D eigenvalue weighted by Gasteiger charge is -2.39. The zero-order valence-electron chi connectivity index (χ0n) is 9.61. The molecule has 0 saturated heterocycles. The van der Waals surface area contributed by atoms with Gasteiger partial charge in [0, 0.05) is 0 Å². The van der Waals surface area contributed by atoms with Crippen molar-refractivity contribution in [2.45, 2.75) is 35.8 Å². The molecule has 5 heteroatoms. The van der Waals surface area contributed by atoms with Gasteiger partial charge in [-0.1, -0.05) is 6.42 Å². The van der Waals surface area contributed by atoms with Crippen LogP contribution in [0.2, 0.25) is 0 Å². The largest absolute Gasteiger partial charge is 0.395 e. The van der Waals surface area contributed by atoms with Crippen LogP contribution in [0, 0.1) is 12.7 Å². The van der Waals surface area contributed by atoms with E-state index in [4.69, 9.17) is 0 Å². The van der Waals surface area contributed by atoms with Gasteiger partial charge in [0.15, 0.2) is 9.84 Å². The fraction of sp³-hybridized carbons (Fsp3) is 0.500. The first-order chi connectivity index (χ1) is 7.93. The standard InChI is InChI=1S/C12H15FO3S/c1-9-7-10(13)3-4-11(9)17(15,16)12(8-14)5-2-6-12/h3-4,7,14H,2,5-6,8H2,1H3. The molecule has 17 heavy (non-hydrogen) atoms. The van der Waals surface area contributed by atoms with Gasteiger partial charge in [-0.3, -0.25) is 0 Å². The van der Waals surface area contributed by atoms with Crippen molar-refractivity contribution >= 4 is 9.84 Å². The minimum absolute atomic E-state index is 0.132. The van der Waals surface area contributed by atoms with Crippen LogP contribution >= 0.6 is 0 Å². The van der Waals surface area contributed by atoms with Crippen LogP contribution in [0.3, 0.4) is 0 Å². The molecule has 1 aromatic rings. The molecule has 1 aliphatic carbocycles. The molecule has 1 aromatic carbocycles. The van der Waals surface area contributed by atoms with Gasteiger partial charge in [-0.15, -0.1) is 0 Å². The highest BCUT2D eigenvalue weighted by Crippen LogP contribution is 2.43. The topological polar surface area (TPSA) is 54.4 Å². The Kier molecular flexibility index (Phi) is 2.99. The Labute approximate surface area is 100 Å². The first kappa shape index (κ1) is 12.5. The molecule has 1 fully saturated rings. The fourth-order valence-electron chi connectivity index (χ4n) is 2.23. The van der Waals surface area contributed by atoms with E-state index < -0.39 is 20.4 Å². The summed E-state index contributed by atoms with van der Waals surface area (Å²) in [5.74, 6) is -0.451. The van der Waals surface area contributed by atoms with Crippen LogP contribution in [0.1, 0.15) is 24.8 Å². The molecule has 1 saturated carbocycles. The zero-order valence-corrected chi connectivity index (χ0v) is 10.4. The number of rotatable bonds is 3. The van der Waals surface area contributed by atoms with Crippen LogP contribution in [0.15, 0.2) is 23.1 Å². The summed E-state index contributed by atoms with van der Waals surface area (Å²) < 4.78 is 36.8. The summed E-state index contributed by atoms with van der Waals surface area (Å²) in [5, 5.41) is 9.33. The van der Waals surface area contributed by atoms with Gasteiger partial charge in [0.1, 0.15) is 5.82 Å². The Morgan fingerprint density at radius 1 is 1.41 bits per heavy atom. The van der Waals surface area contributed by atoms with Crippen LogP contribution in [-0.2, 0) is 9.84 Å². The Morgan fingerprint density at radius 2 is 2.06 bits per heavy atom. The molecule has 1 N–H and O–H groups in total. The highest BCUT2D eigenvalue weighted by molar-refractivity contribution is 7.93. The number of halogens is 1. The number of sulfone groups is 1. The van der Waals surface area contributed by atoms with Crippen molar-refractivity contribution in [3.8, 4) is 0 Å². The minimum Gasteiger partial charge on any atom is -0.395 e. The second kappa shape index (κ2) is 4.07. The van der Waals surface area contributed by atoms with Gasteiger partial charge in [0.05, 0.1) is 16.2 Å². The van der Waals surface area contributed by atoms with Gasteiger partial charge in [-0.25, -0.2) is 12.8 Å². The third-order valence-electron chi connectivity index (χ3n) is 3.55. The van der Waals surface area contributed by atoms with Crippen molar-refractivity contribution in [1.29, 1.82) is 0 Å². The van der Waals surface area contributed by atoms with Gasteiger partial charge in [-0.05, 0) is 43.5 Å². The van der Waals surface area contributed by atoms with E-state index in [-0.39, 0.29) is 11.5 Å². The molecule has 0 amide bonds. The lowest BCUT2D eigenvalue weighted by Crippen LogP contribution is -2.48. The van der Waals surface area contributed by atoms with Crippen molar-refractivity contribution in [1.82, 2.24) is 0 Å². The van der Waals surface area contributed by atoms with Gasteiger partial charge >= 0.3 is 0 Å². The summed E-state index contributed by atoms with van der Waals surface area (Å²) in [7, 11) is -3.58. The Hall–Kier alpha value is -0.940. The lowest BCUT2D eigenvalue weighted by atomic mass is 9.85. The third-order valence-corrected chi connectivity index (χ3v) is 6.26. The lowest BCUT2D eigenvalue weighted by molar-refractivity contribution is 0.181. The van der Waals surface area contributed by atoms with E-state index in [0.29, 0.717) is 18.4 Å². The van der Waals surface area contributed by atoms with Crippen molar-refractivity contribution in [2.75, 3.05) is 6.61 Å². The summed E-state index contributed by atoms with van der Waals surface area (Å²) in [4.78, 5) is 0.132. The molecular formula is C12H15FO3S. The second-order valence-electron chi connectivity index (χ2n) is 4.61. The van der Waals surface area contributed by atoms with E-state index in [1.807, 2.05) is 0 Å². The summed E-state index contributed by atoms with van der Waals surface area (Å²) in [6.45, 7) is 1.20. The summed E-state index contributed by atoms with van der Waals surface area (Å²) >= 11 is 0. The predicted molar refractivity (Wildman–Crippen MR) is 62.0 cm³/mol. The number of aliphatic hydroxyl groups excluding tert-OH is 1. The van der Waals surface area contributed by atoms with Crippen LogP contribution in [0.5, 0.6) is 0 Å². The molecule has 2 rings (SSSR count). The molecular weight excluding hydrogens is 243 g/mol. The number of aryl methyl sites for hydroxylation is 1. The average Bonchev–Trinajstić information content (AvgIpc) is 2.15. The number of aliphatic hydroxyl groups is 1. The van der Waals surface area contributed by atoms with Crippen LogP contribution < -0.4 is 0 Å². The summed E-state index contributed by atoms with van der Waals surface area (Å²) in [6.07, 6.45) is 1.76. The summed E-state index contributed by atoms with van der Waals surface area (Å²) in [5.41, 5.74) is 0.393. The molecule has 1 aliphatic rings. The first-order valence-electron chi connectivity index (χ1n) is 5.55. The SMILES string of the molecule is Cc1cc(F)ccc1S(=O)(=O)C1(CO)CCC1. The van der Waals surface area contributed by atoms with Crippen molar-refractivity contribution in [3.63, 3.8) is 0 Å². The summed E-state index contributed by atoms with van der Waals surface area (Å²) in [6, 6.07) is 3.63. The van der Waals surface area contributed by atoms with Crippen LogP contribution in [-0.4, -0.2) is 24.9 Å². The quantitative estimate of drug-likeness (QED) is 0.841. The Bertz CT molecular complexity index is 527. The Balaban J connectivity index is 2.52. The molecule has 94 valence electrons. The molecule has 0 aromatic heterocycles. The average molecular weight is 258 g/mol. The third kappa shape index (κ3) is 1.77. The minimum atomic E-state index is -3.58. The Morgan fingerprint density at radius 3 is 2.47 bits per heavy atom. The van der Waals surface area contributed by atoms with E-state index in [1.54, 1.807) is 6.92 Å². The van der Waals surface area contributed by atoms with Crippen LogP contribution in [0.4, 0.5) is 4.39 Å². The molecule has 0 aliphatic heterocycles. The van der Waals surface area contributed by atoms with Crippen molar-refractivity contribution in [3.05, 3.63) is 29.6 Å². The number of hydrogen-bond donors (Lipinski definition) is 1. The van der Waals surface area contributed by atoms with Gasteiger partial charge in [0.2, 0.25) is 0 Å². The highest BCUT2D eigenvalue weighted by Gasteiger charge is 2.49. The maximum absolute atomic E-state index is 13.0. The van der Waals surface area contributed by atoms with Crippen molar-refractivity contribution < 1.29 is 17.9 Å².